The molecular weight excluding hydrogens is 221 g/mol. The summed E-state index contributed by atoms with van der Waals surface area (Å²) < 4.78 is 12.9. The third-order valence-electron chi connectivity index (χ3n) is 2.94. The molecule has 0 bridgehead atoms. The molecule has 2 atom stereocenters. The number of hydrogen-bond acceptors (Lipinski definition) is 3. The number of hydrogen-bond donors (Lipinski definition) is 2. The van der Waals surface area contributed by atoms with Crippen molar-refractivity contribution in [2.24, 2.45) is 0 Å². The Labute approximate surface area is 99.6 Å². The Bertz CT molecular complexity index is 410. The Kier molecular flexibility index (Phi) is 3.68. The molecule has 0 radical (unpaired) electrons. The van der Waals surface area contributed by atoms with Gasteiger partial charge in [0.15, 0.2) is 0 Å². The molecule has 17 heavy (non-hydrogen) atoms. The molecule has 0 aromatic carbocycles. The maximum absolute atomic E-state index is 12.9. The summed E-state index contributed by atoms with van der Waals surface area (Å²) in [6, 6.07) is 3.39. The van der Waals surface area contributed by atoms with Crippen molar-refractivity contribution in [3.63, 3.8) is 0 Å². The SMILES string of the molecule is Cc1cccnc1CNC(=O)[C@H]1C[C@H](F)CN1. The number of halogens is 1. The molecule has 0 aliphatic carbocycles. The van der Waals surface area contributed by atoms with E-state index in [0.717, 1.165) is 11.3 Å². The van der Waals surface area contributed by atoms with Gasteiger partial charge in [0.1, 0.15) is 6.17 Å². The second kappa shape index (κ2) is 5.23. The second-order valence-corrected chi connectivity index (χ2v) is 4.28. The van der Waals surface area contributed by atoms with E-state index in [9.17, 15) is 9.18 Å². The zero-order chi connectivity index (χ0) is 12.3. The normalized spacial score (nSPS) is 23.6. The van der Waals surface area contributed by atoms with E-state index in [-0.39, 0.29) is 18.9 Å². The number of aromatic nitrogens is 1. The third-order valence-corrected chi connectivity index (χ3v) is 2.94. The van der Waals surface area contributed by atoms with Crippen molar-refractivity contribution in [3.8, 4) is 0 Å². The predicted octanol–water partition coefficient (Wildman–Crippen LogP) is 0.706. The van der Waals surface area contributed by atoms with Crippen LogP contribution in [0.3, 0.4) is 0 Å². The fraction of sp³-hybridized carbons (Fsp3) is 0.500. The van der Waals surface area contributed by atoms with Crippen molar-refractivity contribution < 1.29 is 9.18 Å². The van der Waals surface area contributed by atoms with Crippen LogP contribution < -0.4 is 10.6 Å². The Hall–Kier alpha value is -1.49. The zero-order valence-electron chi connectivity index (χ0n) is 9.74. The molecule has 2 rings (SSSR count). The lowest BCUT2D eigenvalue weighted by atomic mass is 10.2. The van der Waals surface area contributed by atoms with Crippen LogP contribution in [0.4, 0.5) is 4.39 Å². The first-order valence-corrected chi connectivity index (χ1v) is 5.72. The van der Waals surface area contributed by atoms with Gasteiger partial charge in [-0.25, -0.2) is 4.39 Å². The Morgan fingerprint density at radius 3 is 3.18 bits per heavy atom. The second-order valence-electron chi connectivity index (χ2n) is 4.28. The summed E-state index contributed by atoms with van der Waals surface area (Å²) in [6.45, 7) is 2.60. The molecule has 0 unspecified atom stereocenters. The molecule has 92 valence electrons. The number of carbonyl (C=O) groups excluding carboxylic acids is 1. The first-order chi connectivity index (χ1) is 8.16. The number of amides is 1. The molecule has 1 aromatic rings. The maximum atomic E-state index is 12.9. The van der Waals surface area contributed by atoms with Crippen molar-refractivity contribution in [1.82, 2.24) is 15.6 Å². The molecule has 0 saturated carbocycles. The lowest BCUT2D eigenvalue weighted by Gasteiger charge is -2.11. The summed E-state index contributed by atoms with van der Waals surface area (Å²) in [7, 11) is 0. The van der Waals surface area contributed by atoms with E-state index in [1.165, 1.54) is 0 Å². The summed E-state index contributed by atoms with van der Waals surface area (Å²) in [6.07, 6.45) is 1.04. The highest BCUT2D eigenvalue weighted by Gasteiger charge is 2.28. The summed E-state index contributed by atoms with van der Waals surface area (Å²) in [5.41, 5.74) is 1.88. The molecule has 5 heteroatoms. The molecule has 1 saturated heterocycles. The number of alkyl halides is 1. The molecule has 0 spiro atoms. The van der Waals surface area contributed by atoms with Gasteiger partial charge in [0.2, 0.25) is 5.91 Å². The predicted molar refractivity (Wildman–Crippen MR) is 62.1 cm³/mol. The third kappa shape index (κ3) is 3.00. The van der Waals surface area contributed by atoms with E-state index in [0.29, 0.717) is 6.54 Å². The number of carbonyl (C=O) groups is 1. The smallest absolute Gasteiger partial charge is 0.237 e. The van der Waals surface area contributed by atoms with Crippen LogP contribution in [0.2, 0.25) is 0 Å². The monoisotopic (exact) mass is 237 g/mol. The quantitative estimate of drug-likeness (QED) is 0.814. The van der Waals surface area contributed by atoms with Gasteiger partial charge < -0.3 is 10.6 Å². The van der Waals surface area contributed by atoms with Gasteiger partial charge in [0.05, 0.1) is 18.3 Å². The van der Waals surface area contributed by atoms with Gasteiger partial charge in [-0.05, 0) is 18.6 Å². The molecule has 1 aliphatic rings. The van der Waals surface area contributed by atoms with Crippen LogP contribution in [0.15, 0.2) is 18.3 Å². The molecule has 1 aliphatic heterocycles. The fourth-order valence-electron chi connectivity index (χ4n) is 1.89. The lowest BCUT2D eigenvalue weighted by Crippen LogP contribution is -2.40. The van der Waals surface area contributed by atoms with Crippen molar-refractivity contribution in [3.05, 3.63) is 29.6 Å². The van der Waals surface area contributed by atoms with Crippen LogP contribution >= 0.6 is 0 Å². The summed E-state index contributed by atoms with van der Waals surface area (Å²) in [4.78, 5) is 15.9. The van der Waals surface area contributed by atoms with Crippen molar-refractivity contribution in [2.45, 2.75) is 32.1 Å². The van der Waals surface area contributed by atoms with Crippen LogP contribution in [-0.4, -0.2) is 29.6 Å². The van der Waals surface area contributed by atoms with Crippen molar-refractivity contribution >= 4 is 5.91 Å². The van der Waals surface area contributed by atoms with Gasteiger partial charge in [-0.2, -0.15) is 0 Å². The van der Waals surface area contributed by atoms with Gasteiger partial charge in [-0.15, -0.1) is 0 Å². The van der Waals surface area contributed by atoms with Crippen LogP contribution in [0, 0.1) is 6.92 Å². The molecular formula is C12H16FN3O. The van der Waals surface area contributed by atoms with Crippen molar-refractivity contribution in [1.29, 1.82) is 0 Å². The number of pyridine rings is 1. The fourth-order valence-corrected chi connectivity index (χ4v) is 1.89. The molecule has 1 aromatic heterocycles. The number of rotatable bonds is 3. The van der Waals surface area contributed by atoms with E-state index < -0.39 is 12.2 Å². The Balaban J connectivity index is 1.86. The van der Waals surface area contributed by atoms with Crippen molar-refractivity contribution in [2.75, 3.05) is 6.54 Å². The lowest BCUT2D eigenvalue weighted by molar-refractivity contribution is -0.123. The number of nitrogens with one attached hydrogen (secondary N) is 2. The minimum absolute atomic E-state index is 0.157. The average Bonchev–Trinajstić information content (AvgIpc) is 2.74. The summed E-state index contributed by atoms with van der Waals surface area (Å²) >= 11 is 0. The minimum Gasteiger partial charge on any atom is -0.349 e. The first kappa shape index (κ1) is 12.0. The van der Waals surface area contributed by atoms with Gasteiger partial charge >= 0.3 is 0 Å². The topological polar surface area (TPSA) is 54.0 Å². The highest BCUT2D eigenvalue weighted by Crippen LogP contribution is 2.10. The zero-order valence-corrected chi connectivity index (χ0v) is 9.74. The molecule has 1 amide bonds. The Morgan fingerprint density at radius 2 is 2.53 bits per heavy atom. The average molecular weight is 237 g/mol. The van der Waals surface area contributed by atoms with Gasteiger partial charge in [0.25, 0.3) is 0 Å². The van der Waals surface area contributed by atoms with E-state index in [1.54, 1.807) is 6.20 Å². The standard InChI is InChI=1S/C12H16FN3O/c1-8-3-2-4-14-11(8)7-16-12(17)10-5-9(13)6-15-10/h2-4,9-10,15H,5-7H2,1H3,(H,16,17)/t9-,10+/m0/s1. The van der Waals surface area contributed by atoms with E-state index >= 15 is 0 Å². The first-order valence-electron chi connectivity index (χ1n) is 5.72. The van der Waals surface area contributed by atoms with E-state index in [4.69, 9.17) is 0 Å². The summed E-state index contributed by atoms with van der Waals surface area (Å²) in [5, 5.41) is 5.62. The van der Waals surface area contributed by atoms with Crippen LogP contribution in [0.25, 0.3) is 0 Å². The molecule has 1 fully saturated rings. The number of nitrogens with zero attached hydrogens (tertiary/aromatic N) is 1. The molecule has 2 heterocycles. The molecule has 4 nitrogen and oxygen atoms in total. The van der Waals surface area contributed by atoms with Crippen LogP contribution in [0.5, 0.6) is 0 Å². The van der Waals surface area contributed by atoms with Gasteiger partial charge in [-0.1, -0.05) is 6.07 Å². The summed E-state index contributed by atoms with van der Waals surface area (Å²) in [5.74, 6) is -0.157. The van der Waals surface area contributed by atoms with E-state index in [2.05, 4.69) is 15.6 Å². The number of aryl methyl sites for hydroxylation is 1. The van der Waals surface area contributed by atoms with E-state index in [1.807, 2.05) is 19.1 Å². The largest absolute Gasteiger partial charge is 0.349 e. The van der Waals surface area contributed by atoms with Gasteiger partial charge in [-0.3, -0.25) is 9.78 Å². The Morgan fingerprint density at radius 1 is 1.71 bits per heavy atom. The maximum Gasteiger partial charge on any atom is 0.237 e. The molecule has 2 N–H and O–H groups in total. The highest BCUT2D eigenvalue weighted by molar-refractivity contribution is 5.82. The highest BCUT2D eigenvalue weighted by atomic mass is 19.1. The van der Waals surface area contributed by atoms with Crippen LogP contribution in [-0.2, 0) is 11.3 Å². The van der Waals surface area contributed by atoms with Gasteiger partial charge in [0, 0.05) is 19.2 Å². The minimum atomic E-state index is -0.915. The van der Waals surface area contributed by atoms with Crippen LogP contribution in [0.1, 0.15) is 17.7 Å².